The molecular formula is C20H25FIN5O. The Morgan fingerprint density at radius 2 is 2.00 bits per heavy atom. The van der Waals surface area contributed by atoms with Crippen LogP contribution in [-0.4, -0.2) is 36.5 Å². The fourth-order valence-electron chi connectivity index (χ4n) is 2.97. The second-order valence-electron chi connectivity index (χ2n) is 6.60. The molecule has 1 aliphatic carbocycles. The lowest BCUT2D eigenvalue weighted by molar-refractivity contribution is -0.114. The van der Waals surface area contributed by atoms with Gasteiger partial charge in [-0.3, -0.25) is 9.78 Å². The molecule has 0 aliphatic heterocycles. The highest BCUT2D eigenvalue weighted by Crippen LogP contribution is 2.48. The maximum absolute atomic E-state index is 14.1. The quantitative estimate of drug-likeness (QED) is 0.312. The van der Waals surface area contributed by atoms with Crippen molar-refractivity contribution >= 4 is 41.5 Å². The number of carbonyl (C=O) groups is 1. The van der Waals surface area contributed by atoms with Crippen molar-refractivity contribution in [3.05, 3.63) is 60.2 Å². The lowest BCUT2D eigenvalue weighted by Gasteiger charge is -2.19. The number of nitrogens with zero attached hydrogens (tertiary/aromatic N) is 2. The summed E-state index contributed by atoms with van der Waals surface area (Å²) in [6, 6.07) is 10.4. The molecule has 0 atom stereocenters. The average molecular weight is 497 g/mol. The molecule has 3 N–H and O–H groups in total. The van der Waals surface area contributed by atoms with Crippen LogP contribution in [0.3, 0.4) is 0 Å². The van der Waals surface area contributed by atoms with Crippen molar-refractivity contribution in [1.29, 1.82) is 0 Å². The van der Waals surface area contributed by atoms with Gasteiger partial charge in [0.15, 0.2) is 5.96 Å². The van der Waals surface area contributed by atoms with Crippen LogP contribution < -0.4 is 16.0 Å². The average Bonchev–Trinajstić information content (AvgIpc) is 3.46. The summed E-state index contributed by atoms with van der Waals surface area (Å²) >= 11 is 0. The van der Waals surface area contributed by atoms with Crippen LogP contribution in [0.4, 0.5) is 10.1 Å². The van der Waals surface area contributed by atoms with Crippen molar-refractivity contribution in [1.82, 2.24) is 15.6 Å². The zero-order valence-electron chi connectivity index (χ0n) is 15.7. The van der Waals surface area contributed by atoms with Crippen molar-refractivity contribution in [3.8, 4) is 0 Å². The molecule has 0 spiro atoms. The molecule has 1 fully saturated rings. The molecule has 28 heavy (non-hydrogen) atoms. The van der Waals surface area contributed by atoms with Gasteiger partial charge in [-0.15, -0.1) is 24.0 Å². The number of aromatic nitrogens is 1. The summed E-state index contributed by atoms with van der Waals surface area (Å²) < 4.78 is 14.1. The van der Waals surface area contributed by atoms with Crippen LogP contribution in [0.15, 0.2) is 53.8 Å². The largest absolute Gasteiger partial charge is 0.357 e. The summed E-state index contributed by atoms with van der Waals surface area (Å²) in [4.78, 5) is 20.3. The molecule has 2 aromatic rings. The number of guanidine groups is 1. The van der Waals surface area contributed by atoms with Crippen molar-refractivity contribution in [2.75, 3.05) is 25.0 Å². The van der Waals surface area contributed by atoms with Crippen LogP contribution in [-0.2, 0) is 10.2 Å². The van der Waals surface area contributed by atoms with Gasteiger partial charge in [-0.2, -0.15) is 0 Å². The van der Waals surface area contributed by atoms with Crippen LogP contribution >= 0.6 is 24.0 Å². The smallest absolute Gasteiger partial charge is 0.246 e. The molecule has 0 saturated heterocycles. The molecule has 1 aromatic carbocycles. The Morgan fingerprint density at radius 1 is 1.21 bits per heavy atom. The first kappa shape index (κ1) is 22.1. The minimum absolute atomic E-state index is 0. The van der Waals surface area contributed by atoms with Crippen molar-refractivity contribution in [2.24, 2.45) is 4.99 Å². The molecular weight excluding hydrogens is 472 g/mol. The summed E-state index contributed by atoms with van der Waals surface area (Å²) in [5.41, 5.74) is 1.18. The van der Waals surface area contributed by atoms with Crippen molar-refractivity contribution in [2.45, 2.75) is 25.2 Å². The molecule has 6 nitrogen and oxygen atoms in total. The van der Waals surface area contributed by atoms with E-state index in [1.165, 1.54) is 6.07 Å². The fraction of sp³-hybridized carbons (Fsp3) is 0.350. The highest BCUT2D eigenvalue weighted by molar-refractivity contribution is 14.0. The van der Waals surface area contributed by atoms with Gasteiger partial charge in [-0.05, 0) is 43.5 Å². The van der Waals surface area contributed by atoms with Gasteiger partial charge >= 0.3 is 0 Å². The second kappa shape index (κ2) is 10.4. The Kier molecular flexibility index (Phi) is 8.16. The first-order chi connectivity index (χ1) is 13.1. The predicted octanol–water partition coefficient (Wildman–Crippen LogP) is 3.06. The Bertz CT molecular complexity index is 811. The molecule has 1 aromatic heterocycles. The molecule has 1 amide bonds. The topological polar surface area (TPSA) is 78.4 Å². The van der Waals surface area contributed by atoms with Gasteiger partial charge in [0.2, 0.25) is 5.91 Å². The van der Waals surface area contributed by atoms with Crippen LogP contribution in [0.5, 0.6) is 0 Å². The molecule has 0 unspecified atom stereocenters. The fourth-order valence-corrected chi connectivity index (χ4v) is 2.97. The highest BCUT2D eigenvalue weighted by Gasteiger charge is 2.45. The second-order valence-corrected chi connectivity index (χ2v) is 6.60. The molecule has 150 valence electrons. The number of amides is 1. The van der Waals surface area contributed by atoms with Gasteiger partial charge in [0.1, 0.15) is 12.4 Å². The zero-order valence-corrected chi connectivity index (χ0v) is 18.1. The number of halogens is 2. The lowest BCUT2D eigenvalue weighted by atomic mass is 9.95. The molecule has 1 aliphatic rings. The normalized spacial score (nSPS) is 14.6. The molecule has 1 saturated carbocycles. The van der Waals surface area contributed by atoms with E-state index in [2.05, 4.69) is 25.9 Å². The standard InChI is InChI=1S/C20H24FN5O.HI/c1-2-23-19(24-13-18(27)26-15-6-5-11-22-12-15)25-14-20(9-10-20)16-7-3-4-8-17(16)21;/h3-8,11-12H,2,9-10,13-14H2,1H3,(H,26,27)(H2,23,24,25);1H. The Labute approximate surface area is 181 Å². The van der Waals surface area contributed by atoms with E-state index < -0.39 is 0 Å². The zero-order chi connectivity index (χ0) is 19.1. The van der Waals surface area contributed by atoms with Gasteiger partial charge in [-0.25, -0.2) is 9.38 Å². The van der Waals surface area contributed by atoms with E-state index in [1.54, 1.807) is 30.6 Å². The predicted molar refractivity (Wildman–Crippen MR) is 120 cm³/mol. The van der Waals surface area contributed by atoms with E-state index >= 15 is 0 Å². The highest BCUT2D eigenvalue weighted by atomic mass is 127. The first-order valence-electron chi connectivity index (χ1n) is 9.10. The van der Waals surface area contributed by atoms with Crippen LogP contribution in [0.1, 0.15) is 25.3 Å². The summed E-state index contributed by atoms with van der Waals surface area (Å²) in [6.07, 6.45) is 5.09. The van der Waals surface area contributed by atoms with Crippen LogP contribution in [0, 0.1) is 5.82 Å². The number of pyridine rings is 1. The van der Waals surface area contributed by atoms with E-state index in [0.29, 0.717) is 24.7 Å². The number of anilines is 1. The minimum Gasteiger partial charge on any atom is -0.357 e. The Balaban J connectivity index is 0.00000280. The SMILES string of the molecule is CCNC(=NCC(=O)Nc1cccnc1)NCC1(c2ccccc2F)CC1.I. The van der Waals surface area contributed by atoms with Gasteiger partial charge in [0, 0.05) is 24.7 Å². The van der Waals surface area contributed by atoms with E-state index in [0.717, 1.165) is 18.4 Å². The van der Waals surface area contributed by atoms with Gasteiger partial charge in [-0.1, -0.05) is 18.2 Å². The van der Waals surface area contributed by atoms with Crippen molar-refractivity contribution in [3.63, 3.8) is 0 Å². The van der Waals surface area contributed by atoms with Gasteiger partial charge in [0.05, 0.1) is 11.9 Å². The molecule has 8 heteroatoms. The molecule has 0 radical (unpaired) electrons. The third kappa shape index (κ3) is 5.88. The maximum Gasteiger partial charge on any atom is 0.246 e. The Hall–Kier alpha value is -2.23. The van der Waals surface area contributed by atoms with E-state index in [-0.39, 0.29) is 47.7 Å². The van der Waals surface area contributed by atoms with E-state index in [1.807, 2.05) is 19.1 Å². The number of hydrogen-bond acceptors (Lipinski definition) is 3. The summed E-state index contributed by atoms with van der Waals surface area (Å²) in [5.74, 6) is 0.145. The lowest BCUT2D eigenvalue weighted by Crippen LogP contribution is -2.42. The molecule has 0 bridgehead atoms. The maximum atomic E-state index is 14.1. The summed E-state index contributed by atoms with van der Waals surface area (Å²) in [6.45, 7) is 3.18. The summed E-state index contributed by atoms with van der Waals surface area (Å²) in [7, 11) is 0. The van der Waals surface area contributed by atoms with Gasteiger partial charge in [0.25, 0.3) is 0 Å². The Morgan fingerprint density at radius 3 is 2.64 bits per heavy atom. The number of rotatable bonds is 7. The van der Waals surface area contributed by atoms with Crippen LogP contribution in [0.25, 0.3) is 0 Å². The number of aliphatic imine (C=N–C) groups is 1. The number of benzene rings is 1. The molecule has 1 heterocycles. The van der Waals surface area contributed by atoms with E-state index in [9.17, 15) is 9.18 Å². The molecule has 3 rings (SSSR count). The third-order valence-electron chi connectivity index (χ3n) is 4.56. The summed E-state index contributed by atoms with van der Waals surface area (Å²) in [5, 5.41) is 9.11. The third-order valence-corrected chi connectivity index (χ3v) is 4.56. The van der Waals surface area contributed by atoms with Gasteiger partial charge < -0.3 is 16.0 Å². The van der Waals surface area contributed by atoms with Crippen LogP contribution in [0.2, 0.25) is 0 Å². The monoisotopic (exact) mass is 497 g/mol. The first-order valence-corrected chi connectivity index (χ1v) is 9.10. The number of nitrogens with one attached hydrogen (secondary N) is 3. The minimum atomic E-state index is -0.226. The number of hydrogen-bond donors (Lipinski definition) is 3. The van der Waals surface area contributed by atoms with Crippen molar-refractivity contribution < 1.29 is 9.18 Å². The number of carbonyl (C=O) groups excluding carboxylic acids is 1. The van der Waals surface area contributed by atoms with E-state index in [4.69, 9.17) is 0 Å².